The molecule has 0 atom stereocenters. The Morgan fingerprint density at radius 2 is 1.71 bits per heavy atom. The number of nitrogens with zero attached hydrogens (tertiary/aromatic N) is 1. The van der Waals surface area contributed by atoms with Crippen molar-refractivity contribution < 1.29 is 13.3 Å². The van der Waals surface area contributed by atoms with Gasteiger partial charge < -0.3 is 0 Å². The van der Waals surface area contributed by atoms with Crippen LogP contribution >= 0.6 is 0 Å². The predicted molar refractivity (Wildman–Crippen MR) is 85.0 cm³/mol. The van der Waals surface area contributed by atoms with E-state index in [0.29, 0.717) is 23.7 Å². The number of nitrogens with one attached hydrogen (secondary N) is 1. The molecule has 0 aliphatic heterocycles. The molecule has 0 heterocycles. The van der Waals surface area contributed by atoms with Crippen LogP contribution in [-0.4, -0.2) is 32.9 Å². The Hall–Kier alpha value is -1.37. The van der Waals surface area contributed by atoms with Crippen LogP contribution in [0.15, 0.2) is 35.7 Å². The molecule has 0 saturated heterocycles. The van der Waals surface area contributed by atoms with Gasteiger partial charge in [-0.25, -0.2) is 8.42 Å². The summed E-state index contributed by atoms with van der Waals surface area (Å²) in [7, 11) is -1.93. The number of hydrogen-bond donors (Lipinski definition) is 1. The molecule has 5 nitrogen and oxygen atoms in total. The summed E-state index contributed by atoms with van der Waals surface area (Å²) in [5.74, 6) is 0. The van der Waals surface area contributed by atoms with Crippen molar-refractivity contribution in [1.82, 2.24) is 9.79 Å². The minimum Gasteiger partial charge on any atom is -0.279 e. The predicted octanol–water partition coefficient (Wildman–Crippen LogP) is 2.62. The number of sulfonamides is 1. The van der Waals surface area contributed by atoms with E-state index in [1.54, 1.807) is 24.3 Å². The van der Waals surface area contributed by atoms with E-state index < -0.39 is 10.0 Å². The zero-order valence-electron chi connectivity index (χ0n) is 12.9. The van der Waals surface area contributed by atoms with E-state index >= 15 is 0 Å². The Kier molecular flexibility index (Phi) is 6.87. The Balaban J connectivity index is 3.00. The fourth-order valence-electron chi connectivity index (χ4n) is 2.01. The lowest BCUT2D eigenvalue weighted by atomic mass is 10.2. The average molecular weight is 312 g/mol. The molecule has 0 aliphatic rings. The standard InChI is InChI=1S/C15H24N2O3S/c1-5-11-17(12-6-2)21(18,19)15-9-7-14(8-10-15)13(3)16-20-4/h7-10,16H,3,5-6,11-12H2,1-2,4H3. The second kappa shape index (κ2) is 8.17. The van der Waals surface area contributed by atoms with Crippen LogP contribution in [-0.2, 0) is 14.9 Å². The second-order valence-electron chi connectivity index (χ2n) is 4.71. The molecule has 1 aromatic rings. The Bertz CT molecular complexity index is 547. The first-order valence-electron chi connectivity index (χ1n) is 7.05. The van der Waals surface area contributed by atoms with Crippen molar-refractivity contribution in [1.29, 1.82) is 0 Å². The van der Waals surface area contributed by atoms with Crippen molar-refractivity contribution in [3.05, 3.63) is 36.4 Å². The van der Waals surface area contributed by atoms with Gasteiger partial charge in [0, 0.05) is 13.1 Å². The van der Waals surface area contributed by atoms with Crippen molar-refractivity contribution in [3.8, 4) is 0 Å². The molecule has 0 saturated carbocycles. The van der Waals surface area contributed by atoms with Gasteiger partial charge in [0.25, 0.3) is 0 Å². The smallest absolute Gasteiger partial charge is 0.243 e. The molecular weight excluding hydrogens is 288 g/mol. The van der Waals surface area contributed by atoms with Gasteiger partial charge in [-0.3, -0.25) is 10.3 Å². The second-order valence-corrected chi connectivity index (χ2v) is 6.65. The van der Waals surface area contributed by atoms with Crippen LogP contribution in [0.25, 0.3) is 5.70 Å². The molecule has 21 heavy (non-hydrogen) atoms. The van der Waals surface area contributed by atoms with Crippen LogP contribution in [0.3, 0.4) is 0 Å². The maximum Gasteiger partial charge on any atom is 0.243 e. The van der Waals surface area contributed by atoms with Gasteiger partial charge in [-0.05, 0) is 30.5 Å². The van der Waals surface area contributed by atoms with Crippen molar-refractivity contribution in [2.75, 3.05) is 20.2 Å². The summed E-state index contributed by atoms with van der Waals surface area (Å²) < 4.78 is 26.7. The molecule has 6 heteroatoms. The number of hydrogen-bond acceptors (Lipinski definition) is 4. The minimum atomic E-state index is -3.43. The monoisotopic (exact) mass is 312 g/mol. The SMILES string of the molecule is C=C(NOC)c1ccc(S(=O)(=O)N(CCC)CCC)cc1. The quantitative estimate of drug-likeness (QED) is 0.712. The highest BCUT2D eigenvalue weighted by atomic mass is 32.2. The zero-order valence-corrected chi connectivity index (χ0v) is 13.7. The first-order chi connectivity index (χ1) is 9.97. The lowest BCUT2D eigenvalue weighted by molar-refractivity contribution is 0.137. The summed E-state index contributed by atoms with van der Waals surface area (Å²) >= 11 is 0. The molecule has 1 aromatic carbocycles. The highest BCUT2D eigenvalue weighted by Gasteiger charge is 2.22. The normalized spacial score (nSPS) is 11.6. The largest absolute Gasteiger partial charge is 0.279 e. The molecule has 118 valence electrons. The van der Waals surface area contributed by atoms with E-state index in [1.165, 1.54) is 11.4 Å². The lowest BCUT2D eigenvalue weighted by Crippen LogP contribution is -2.32. The van der Waals surface area contributed by atoms with Crippen LogP contribution in [0.2, 0.25) is 0 Å². The van der Waals surface area contributed by atoms with Crippen LogP contribution in [0.5, 0.6) is 0 Å². The van der Waals surface area contributed by atoms with Gasteiger partial charge in [-0.2, -0.15) is 4.31 Å². The summed E-state index contributed by atoms with van der Waals surface area (Å²) in [6.07, 6.45) is 1.59. The van der Waals surface area contributed by atoms with Crippen LogP contribution in [0.1, 0.15) is 32.3 Å². The van der Waals surface area contributed by atoms with E-state index in [0.717, 1.165) is 18.4 Å². The van der Waals surface area contributed by atoms with Crippen molar-refractivity contribution in [2.45, 2.75) is 31.6 Å². The topological polar surface area (TPSA) is 58.6 Å². The van der Waals surface area contributed by atoms with E-state index in [1.807, 2.05) is 13.8 Å². The first kappa shape index (κ1) is 17.7. The summed E-state index contributed by atoms with van der Waals surface area (Å²) in [6.45, 7) is 8.83. The molecule has 1 N–H and O–H groups in total. The molecule has 0 spiro atoms. The third kappa shape index (κ3) is 4.56. The van der Waals surface area contributed by atoms with Gasteiger partial charge in [0.1, 0.15) is 0 Å². The van der Waals surface area contributed by atoms with Crippen molar-refractivity contribution in [3.63, 3.8) is 0 Å². The molecule has 0 radical (unpaired) electrons. The average Bonchev–Trinajstić information content (AvgIpc) is 2.47. The zero-order chi connectivity index (χ0) is 15.9. The van der Waals surface area contributed by atoms with E-state index in [2.05, 4.69) is 12.1 Å². The first-order valence-corrected chi connectivity index (χ1v) is 8.49. The van der Waals surface area contributed by atoms with Gasteiger partial charge in [-0.15, -0.1) is 0 Å². The number of benzene rings is 1. The van der Waals surface area contributed by atoms with Crippen LogP contribution < -0.4 is 5.48 Å². The molecule has 0 aliphatic carbocycles. The van der Waals surface area contributed by atoms with Crippen molar-refractivity contribution >= 4 is 15.7 Å². The summed E-state index contributed by atoms with van der Waals surface area (Å²) in [5.41, 5.74) is 4.00. The Morgan fingerprint density at radius 3 is 2.14 bits per heavy atom. The Labute approximate surface area is 127 Å². The van der Waals surface area contributed by atoms with E-state index in [9.17, 15) is 8.42 Å². The molecular formula is C15H24N2O3S. The highest BCUT2D eigenvalue weighted by molar-refractivity contribution is 7.89. The highest BCUT2D eigenvalue weighted by Crippen LogP contribution is 2.19. The number of rotatable bonds is 9. The maximum atomic E-state index is 12.6. The van der Waals surface area contributed by atoms with Gasteiger partial charge >= 0.3 is 0 Å². The number of hydroxylamine groups is 1. The third-order valence-corrected chi connectivity index (χ3v) is 4.92. The van der Waals surface area contributed by atoms with Gasteiger partial charge in [0.05, 0.1) is 17.7 Å². The molecule has 1 rings (SSSR count). The maximum absolute atomic E-state index is 12.6. The fraction of sp³-hybridized carbons (Fsp3) is 0.467. The van der Waals surface area contributed by atoms with Crippen LogP contribution in [0, 0.1) is 0 Å². The molecule has 0 fully saturated rings. The summed E-state index contributed by atoms with van der Waals surface area (Å²) in [5, 5.41) is 0. The lowest BCUT2D eigenvalue weighted by Gasteiger charge is -2.21. The van der Waals surface area contributed by atoms with E-state index in [-0.39, 0.29) is 0 Å². The Morgan fingerprint density at radius 1 is 1.19 bits per heavy atom. The summed E-state index contributed by atoms with van der Waals surface area (Å²) in [6, 6.07) is 6.64. The minimum absolute atomic E-state index is 0.304. The molecule has 0 amide bonds. The van der Waals surface area contributed by atoms with Gasteiger partial charge in [0.15, 0.2) is 0 Å². The van der Waals surface area contributed by atoms with Crippen LogP contribution in [0.4, 0.5) is 0 Å². The molecule has 0 bridgehead atoms. The van der Waals surface area contributed by atoms with Crippen molar-refractivity contribution in [2.24, 2.45) is 0 Å². The van der Waals surface area contributed by atoms with Gasteiger partial charge in [0.2, 0.25) is 10.0 Å². The summed E-state index contributed by atoms with van der Waals surface area (Å²) in [4.78, 5) is 5.09. The molecule has 0 unspecified atom stereocenters. The third-order valence-electron chi connectivity index (χ3n) is 3.01. The fourth-order valence-corrected chi connectivity index (χ4v) is 3.63. The van der Waals surface area contributed by atoms with Gasteiger partial charge in [-0.1, -0.05) is 32.6 Å². The van der Waals surface area contributed by atoms with E-state index in [4.69, 9.17) is 4.84 Å². The molecule has 0 aromatic heterocycles.